The lowest BCUT2D eigenvalue weighted by Gasteiger charge is -2.23. The van der Waals surface area contributed by atoms with Gasteiger partial charge in [0.15, 0.2) is 0 Å². The zero-order valence-electron chi connectivity index (χ0n) is 11.6. The Morgan fingerprint density at radius 3 is 2.58 bits per heavy atom. The first kappa shape index (κ1) is 15.4. The van der Waals surface area contributed by atoms with Crippen molar-refractivity contribution < 1.29 is 14.6 Å². The third-order valence-electron chi connectivity index (χ3n) is 2.25. The normalized spacial score (nSPS) is 12.8. The molecule has 2 N–H and O–H groups in total. The topological polar surface area (TPSA) is 84.3 Å². The Hall–Kier alpha value is -1.69. The summed E-state index contributed by atoms with van der Waals surface area (Å²) in [6.45, 7) is 5.38. The second kappa shape index (κ2) is 7.04. The van der Waals surface area contributed by atoms with Gasteiger partial charge in [-0.05, 0) is 33.3 Å². The first-order valence-electron chi connectivity index (χ1n) is 6.27. The van der Waals surface area contributed by atoms with E-state index in [2.05, 4.69) is 15.3 Å². The fourth-order valence-electron chi connectivity index (χ4n) is 1.51. The summed E-state index contributed by atoms with van der Waals surface area (Å²) in [6.07, 6.45) is 3.68. The molecule has 0 unspecified atom stereocenters. The van der Waals surface area contributed by atoms with E-state index in [4.69, 9.17) is 9.84 Å². The smallest absolute Gasteiger partial charge is 0.407 e. The molecule has 0 spiro atoms. The maximum atomic E-state index is 11.7. The van der Waals surface area contributed by atoms with Gasteiger partial charge in [0.05, 0.1) is 0 Å². The van der Waals surface area contributed by atoms with E-state index < -0.39 is 11.7 Å². The Morgan fingerprint density at radius 2 is 2.05 bits per heavy atom. The number of aromatic nitrogens is 2. The monoisotopic (exact) mass is 267 g/mol. The van der Waals surface area contributed by atoms with Crippen molar-refractivity contribution in [2.75, 3.05) is 6.61 Å². The third kappa shape index (κ3) is 6.71. The SMILES string of the molecule is CC(C)(C)OC(=O)N[C@@H](CCO)Cc1ncccn1. The quantitative estimate of drug-likeness (QED) is 0.840. The van der Waals surface area contributed by atoms with Crippen molar-refractivity contribution in [3.05, 3.63) is 24.3 Å². The number of alkyl carbamates (subject to hydrolysis) is 1. The minimum atomic E-state index is -0.545. The van der Waals surface area contributed by atoms with E-state index in [-0.39, 0.29) is 12.6 Å². The van der Waals surface area contributed by atoms with Crippen molar-refractivity contribution in [3.8, 4) is 0 Å². The average molecular weight is 267 g/mol. The van der Waals surface area contributed by atoms with Crippen LogP contribution in [-0.4, -0.2) is 39.4 Å². The number of nitrogens with zero attached hydrogens (tertiary/aromatic N) is 2. The number of hydrogen-bond donors (Lipinski definition) is 2. The Morgan fingerprint density at radius 1 is 1.42 bits per heavy atom. The van der Waals surface area contributed by atoms with Gasteiger partial charge < -0.3 is 15.2 Å². The van der Waals surface area contributed by atoms with Gasteiger partial charge in [0, 0.05) is 31.5 Å². The molecule has 0 radical (unpaired) electrons. The zero-order valence-corrected chi connectivity index (χ0v) is 11.6. The molecule has 0 fully saturated rings. The van der Waals surface area contributed by atoms with Crippen LogP contribution in [0.4, 0.5) is 4.79 Å². The van der Waals surface area contributed by atoms with Crippen LogP contribution in [0.15, 0.2) is 18.5 Å². The standard InChI is InChI=1S/C13H21N3O3/c1-13(2,3)19-12(18)16-10(5-8-17)9-11-14-6-4-7-15-11/h4,6-7,10,17H,5,8-9H2,1-3H3,(H,16,18)/t10-/m0/s1. The molecule has 0 bridgehead atoms. The van der Waals surface area contributed by atoms with E-state index in [1.165, 1.54) is 0 Å². The molecule has 0 saturated carbocycles. The van der Waals surface area contributed by atoms with Gasteiger partial charge >= 0.3 is 6.09 Å². The largest absolute Gasteiger partial charge is 0.444 e. The lowest BCUT2D eigenvalue weighted by Crippen LogP contribution is -2.41. The number of nitrogens with one attached hydrogen (secondary N) is 1. The molecule has 1 aromatic heterocycles. The summed E-state index contributed by atoms with van der Waals surface area (Å²) in [5, 5.41) is 11.7. The molecule has 1 rings (SSSR count). The average Bonchev–Trinajstić information content (AvgIpc) is 2.27. The molecule has 0 aliphatic heterocycles. The van der Waals surface area contributed by atoms with Gasteiger partial charge in [0.1, 0.15) is 11.4 Å². The molecule has 0 aromatic carbocycles. The molecule has 1 atom stereocenters. The maximum absolute atomic E-state index is 11.7. The molecule has 19 heavy (non-hydrogen) atoms. The number of carbonyl (C=O) groups excluding carboxylic acids is 1. The van der Waals surface area contributed by atoms with E-state index >= 15 is 0 Å². The summed E-state index contributed by atoms with van der Waals surface area (Å²) in [4.78, 5) is 19.9. The molecule has 0 aliphatic rings. The van der Waals surface area contributed by atoms with E-state index in [1.807, 2.05) is 0 Å². The van der Waals surface area contributed by atoms with E-state index in [1.54, 1.807) is 39.2 Å². The van der Waals surface area contributed by atoms with Gasteiger partial charge in [0.2, 0.25) is 0 Å². The summed E-state index contributed by atoms with van der Waals surface area (Å²) in [5.41, 5.74) is -0.545. The van der Waals surface area contributed by atoms with E-state index in [0.717, 1.165) is 0 Å². The van der Waals surface area contributed by atoms with Gasteiger partial charge in [-0.3, -0.25) is 0 Å². The predicted molar refractivity (Wildman–Crippen MR) is 70.6 cm³/mol. The summed E-state index contributed by atoms with van der Waals surface area (Å²) in [7, 11) is 0. The number of ether oxygens (including phenoxy) is 1. The number of rotatable bonds is 5. The molecule has 0 aliphatic carbocycles. The Kier molecular flexibility index (Phi) is 5.69. The van der Waals surface area contributed by atoms with Crippen molar-refractivity contribution in [3.63, 3.8) is 0 Å². The van der Waals surface area contributed by atoms with Crippen molar-refractivity contribution >= 4 is 6.09 Å². The second-order valence-corrected chi connectivity index (χ2v) is 5.22. The van der Waals surface area contributed by atoms with Gasteiger partial charge in [-0.15, -0.1) is 0 Å². The number of hydrogen-bond acceptors (Lipinski definition) is 5. The van der Waals surface area contributed by atoms with Crippen molar-refractivity contribution in [1.29, 1.82) is 0 Å². The number of aliphatic hydroxyl groups excluding tert-OH is 1. The Labute approximate surface area is 113 Å². The minimum Gasteiger partial charge on any atom is -0.444 e. The number of amides is 1. The lowest BCUT2D eigenvalue weighted by atomic mass is 10.1. The first-order chi connectivity index (χ1) is 8.90. The molecular weight excluding hydrogens is 246 g/mol. The Balaban J connectivity index is 2.55. The van der Waals surface area contributed by atoms with E-state index in [0.29, 0.717) is 18.7 Å². The van der Waals surface area contributed by atoms with Crippen LogP contribution >= 0.6 is 0 Å². The molecule has 0 saturated heterocycles. The van der Waals surface area contributed by atoms with Crippen LogP contribution in [-0.2, 0) is 11.2 Å². The highest BCUT2D eigenvalue weighted by Gasteiger charge is 2.20. The van der Waals surface area contributed by atoms with E-state index in [9.17, 15) is 4.79 Å². The highest BCUT2D eigenvalue weighted by atomic mass is 16.6. The fourth-order valence-corrected chi connectivity index (χ4v) is 1.51. The number of aliphatic hydroxyl groups is 1. The molecule has 1 heterocycles. The molecule has 106 valence electrons. The van der Waals surface area contributed by atoms with Gasteiger partial charge in [0.25, 0.3) is 0 Å². The molecule has 1 amide bonds. The third-order valence-corrected chi connectivity index (χ3v) is 2.25. The molecule has 1 aromatic rings. The van der Waals surface area contributed by atoms with Gasteiger partial charge in [-0.1, -0.05) is 0 Å². The predicted octanol–water partition coefficient (Wildman–Crippen LogP) is 1.29. The fraction of sp³-hybridized carbons (Fsp3) is 0.615. The van der Waals surface area contributed by atoms with Crippen molar-refractivity contribution in [1.82, 2.24) is 15.3 Å². The molecule has 6 heteroatoms. The number of carbonyl (C=O) groups is 1. The van der Waals surface area contributed by atoms with Crippen LogP contribution in [0.5, 0.6) is 0 Å². The minimum absolute atomic E-state index is 0.0205. The summed E-state index contributed by atoms with van der Waals surface area (Å²) in [6, 6.07) is 1.48. The van der Waals surface area contributed by atoms with Crippen LogP contribution in [0.3, 0.4) is 0 Å². The van der Waals surface area contributed by atoms with Gasteiger partial charge in [-0.2, -0.15) is 0 Å². The van der Waals surface area contributed by atoms with Crippen LogP contribution in [0.2, 0.25) is 0 Å². The van der Waals surface area contributed by atoms with Crippen LogP contribution in [0, 0.1) is 0 Å². The van der Waals surface area contributed by atoms with Crippen LogP contribution < -0.4 is 5.32 Å². The van der Waals surface area contributed by atoms with Crippen molar-refractivity contribution in [2.24, 2.45) is 0 Å². The molecule has 6 nitrogen and oxygen atoms in total. The maximum Gasteiger partial charge on any atom is 0.407 e. The highest BCUT2D eigenvalue weighted by molar-refractivity contribution is 5.68. The first-order valence-corrected chi connectivity index (χ1v) is 6.27. The lowest BCUT2D eigenvalue weighted by molar-refractivity contribution is 0.0496. The zero-order chi connectivity index (χ0) is 14.3. The second-order valence-electron chi connectivity index (χ2n) is 5.22. The summed E-state index contributed by atoms with van der Waals surface area (Å²) >= 11 is 0. The highest BCUT2D eigenvalue weighted by Crippen LogP contribution is 2.08. The molecular formula is C13H21N3O3. The Bertz CT molecular complexity index is 390. The van der Waals surface area contributed by atoms with Crippen molar-refractivity contribution in [2.45, 2.75) is 45.3 Å². The summed E-state index contributed by atoms with van der Waals surface area (Å²) < 4.78 is 5.18. The van der Waals surface area contributed by atoms with Crippen LogP contribution in [0.25, 0.3) is 0 Å². The summed E-state index contributed by atoms with van der Waals surface area (Å²) in [5.74, 6) is 0.622. The van der Waals surface area contributed by atoms with Gasteiger partial charge in [-0.25, -0.2) is 14.8 Å². The van der Waals surface area contributed by atoms with Crippen LogP contribution in [0.1, 0.15) is 33.0 Å².